The van der Waals surface area contributed by atoms with Crippen LogP contribution in [0.3, 0.4) is 0 Å². The van der Waals surface area contributed by atoms with Crippen LogP contribution < -0.4 is 0 Å². The van der Waals surface area contributed by atoms with Crippen LogP contribution in [0.15, 0.2) is 46.6 Å². The van der Waals surface area contributed by atoms with Crippen molar-refractivity contribution in [1.82, 2.24) is 0 Å². The van der Waals surface area contributed by atoms with Crippen molar-refractivity contribution in [1.29, 1.82) is 0 Å². The molecule has 1 atom stereocenters. The molecule has 3 heteroatoms. The van der Waals surface area contributed by atoms with Crippen LogP contribution in [0.5, 0.6) is 0 Å². The second kappa shape index (κ2) is 10.2. The Bertz CT molecular complexity index is 880. The van der Waals surface area contributed by atoms with Crippen molar-refractivity contribution in [3.8, 4) is 0 Å². The van der Waals surface area contributed by atoms with E-state index in [2.05, 4.69) is 58.9 Å². The third-order valence-corrected chi connectivity index (χ3v) is 6.36. The van der Waals surface area contributed by atoms with E-state index in [-0.39, 0.29) is 6.42 Å². The molecule has 0 amide bonds. The van der Waals surface area contributed by atoms with Gasteiger partial charge in [0, 0.05) is 12.8 Å². The van der Waals surface area contributed by atoms with Gasteiger partial charge in [0.25, 0.3) is 0 Å². The number of aryl methyl sites for hydroxylation is 2. The normalized spacial score (nSPS) is 19.8. The van der Waals surface area contributed by atoms with Crippen LogP contribution >= 0.6 is 0 Å². The van der Waals surface area contributed by atoms with Gasteiger partial charge in [-0.1, -0.05) is 35.4 Å². The van der Waals surface area contributed by atoms with Gasteiger partial charge in [-0.3, -0.25) is 4.79 Å². The highest BCUT2D eigenvalue weighted by Crippen LogP contribution is 2.40. The van der Waals surface area contributed by atoms with Crippen LogP contribution in [0.1, 0.15) is 82.1 Å². The highest BCUT2D eigenvalue weighted by Gasteiger charge is 2.31. The van der Waals surface area contributed by atoms with E-state index in [4.69, 9.17) is 5.11 Å². The average molecular weight is 413 g/mol. The summed E-state index contributed by atoms with van der Waals surface area (Å²) in [7, 11) is 0. The van der Waals surface area contributed by atoms with Gasteiger partial charge in [0.15, 0.2) is 0 Å². The predicted molar refractivity (Wildman–Crippen MR) is 124 cm³/mol. The molecule has 0 radical (unpaired) electrons. The Kier molecular flexibility index (Phi) is 8.23. The topological polar surface area (TPSA) is 37.3 Å². The molecule has 30 heavy (non-hydrogen) atoms. The zero-order valence-electron chi connectivity index (χ0n) is 19.5. The molecular weight excluding hydrogens is 375 g/mol. The van der Waals surface area contributed by atoms with Crippen molar-refractivity contribution in [3.63, 3.8) is 0 Å². The second-order valence-electron chi connectivity index (χ2n) is 9.29. The predicted octanol–water partition coefficient (Wildman–Crippen LogP) is 7.37. The van der Waals surface area contributed by atoms with Crippen LogP contribution in [-0.2, 0) is 17.6 Å². The van der Waals surface area contributed by atoms with Gasteiger partial charge < -0.3 is 5.11 Å². The third-order valence-electron chi connectivity index (χ3n) is 6.36. The van der Waals surface area contributed by atoms with Crippen molar-refractivity contribution >= 4 is 5.97 Å². The highest BCUT2D eigenvalue weighted by molar-refractivity contribution is 5.67. The summed E-state index contributed by atoms with van der Waals surface area (Å²) < 4.78 is 14.8. The minimum Gasteiger partial charge on any atom is -0.481 e. The maximum atomic E-state index is 14.8. The van der Waals surface area contributed by atoms with E-state index < -0.39 is 11.6 Å². The first kappa shape index (κ1) is 24.1. The molecule has 1 aliphatic rings. The van der Waals surface area contributed by atoms with E-state index >= 15 is 0 Å². The van der Waals surface area contributed by atoms with Crippen molar-refractivity contribution in [2.45, 2.75) is 92.2 Å². The summed E-state index contributed by atoms with van der Waals surface area (Å²) in [5.41, 5.74) is 8.75. The molecule has 1 unspecified atom stereocenters. The number of carboxylic acids is 1. The first-order chi connectivity index (χ1) is 14.0. The van der Waals surface area contributed by atoms with Gasteiger partial charge in [0.05, 0.1) is 0 Å². The second-order valence-corrected chi connectivity index (χ2v) is 9.29. The molecule has 0 aromatic heterocycles. The molecule has 0 saturated carbocycles. The molecule has 1 N–H and O–H groups in total. The van der Waals surface area contributed by atoms with Crippen molar-refractivity contribution in [2.75, 3.05) is 0 Å². The summed E-state index contributed by atoms with van der Waals surface area (Å²) in [6, 6.07) is 4.19. The van der Waals surface area contributed by atoms with Crippen LogP contribution in [0.4, 0.5) is 4.39 Å². The largest absolute Gasteiger partial charge is 0.481 e. The number of hydrogen-bond donors (Lipinski definition) is 1. The van der Waals surface area contributed by atoms with Crippen molar-refractivity contribution < 1.29 is 14.3 Å². The molecule has 2 rings (SSSR count). The highest BCUT2D eigenvalue weighted by atomic mass is 19.1. The van der Waals surface area contributed by atoms with E-state index in [9.17, 15) is 9.18 Å². The average Bonchev–Trinajstić information content (AvgIpc) is 2.65. The number of rotatable bonds is 8. The molecule has 0 fully saturated rings. The number of allylic oxidation sites excluding steroid dienone is 6. The summed E-state index contributed by atoms with van der Waals surface area (Å²) in [6.45, 7) is 12.2. The Morgan fingerprint density at radius 1 is 1.07 bits per heavy atom. The van der Waals surface area contributed by atoms with Gasteiger partial charge in [-0.2, -0.15) is 0 Å². The van der Waals surface area contributed by atoms with Gasteiger partial charge in [-0.25, -0.2) is 4.39 Å². The molecular formula is C27H37FO2. The molecule has 164 valence electrons. The SMILES string of the molecule is CC(C)=C/C=C(\C)C1=C(CCc2ccc(CCC(=O)O)c(C)c2C)CC(C)(F)CC1. The Morgan fingerprint density at radius 3 is 2.23 bits per heavy atom. The summed E-state index contributed by atoms with van der Waals surface area (Å²) in [5.74, 6) is -0.765. The zero-order valence-corrected chi connectivity index (χ0v) is 19.5. The molecule has 0 heterocycles. The van der Waals surface area contributed by atoms with Gasteiger partial charge in [0.1, 0.15) is 5.67 Å². The number of carboxylic acid groups (broad SMARTS) is 1. The maximum Gasteiger partial charge on any atom is 0.303 e. The van der Waals surface area contributed by atoms with E-state index in [0.717, 1.165) is 24.8 Å². The fourth-order valence-corrected chi connectivity index (χ4v) is 4.31. The summed E-state index contributed by atoms with van der Waals surface area (Å²) in [4.78, 5) is 10.9. The molecule has 1 aliphatic carbocycles. The number of benzene rings is 1. The van der Waals surface area contributed by atoms with Crippen molar-refractivity contribution in [3.05, 3.63) is 68.8 Å². The zero-order chi connectivity index (χ0) is 22.5. The van der Waals surface area contributed by atoms with Gasteiger partial charge in [-0.15, -0.1) is 0 Å². The summed E-state index contributed by atoms with van der Waals surface area (Å²) in [6.07, 6.45) is 8.66. The summed E-state index contributed by atoms with van der Waals surface area (Å²) in [5, 5.41) is 8.95. The summed E-state index contributed by atoms with van der Waals surface area (Å²) >= 11 is 0. The first-order valence-electron chi connectivity index (χ1n) is 11.0. The number of alkyl halides is 1. The fourth-order valence-electron chi connectivity index (χ4n) is 4.31. The molecule has 0 spiro atoms. The first-order valence-corrected chi connectivity index (χ1v) is 11.0. The lowest BCUT2D eigenvalue weighted by molar-refractivity contribution is -0.136. The number of hydrogen-bond acceptors (Lipinski definition) is 1. The monoisotopic (exact) mass is 412 g/mol. The van der Waals surface area contributed by atoms with Crippen molar-refractivity contribution in [2.24, 2.45) is 0 Å². The lowest BCUT2D eigenvalue weighted by Crippen LogP contribution is -2.24. The van der Waals surface area contributed by atoms with E-state index in [1.54, 1.807) is 6.92 Å². The van der Waals surface area contributed by atoms with Gasteiger partial charge >= 0.3 is 5.97 Å². The van der Waals surface area contributed by atoms with Crippen LogP contribution in [0, 0.1) is 13.8 Å². The Labute approximate surface area is 181 Å². The third kappa shape index (κ3) is 6.68. The van der Waals surface area contributed by atoms with E-state index in [1.807, 2.05) is 0 Å². The molecule has 2 nitrogen and oxygen atoms in total. The standard InChI is InChI=1S/C27H37FO2/c1-18(2)7-8-19(3)25-15-16-27(6,28)17-24(25)12-11-22-9-10-23(13-14-26(29)30)21(5)20(22)4/h7-10H,11-17H2,1-6H3,(H,29,30)/b19-8+. The molecule has 0 aliphatic heterocycles. The molecule has 1 aromatic carbocycles. The lowest BCUT2D eigenvalue weighted by atomic mass is 9.78. The quantitative estimate of drug-likeness (QED) is 0.452. The Balaban J connectivity index is 2.25. The maximum absolute atomic E-state index is 14.8. The van der Waals surface area contributed by atoms with Gasteiger partial charge in [-0.05, 0) is 107 Å². The Morgan fingerprint density at radius 2 is 1.67 bits per heavy atom. The smallest absolute Gasteiger partial charge is 0.303 e. The van der Waals surface area contributed by atoms with E-state index in [0.29, 0.717) is 19.3 Å². The van der Waals surface area contributed by atoms with Crippen LogP contribution in [-0.4, -0.2) is 16.7 Å². The number of carbonyl (C=O) groups is 1. The minimum absolute atomic E-state index is 0.155. The molecule has 0 bridgehead atoms. The minimum atomic E-state index is -1.12. The van der Waals surface area contributed by atoms with Crippen LogP contribution in [0.2, 0.25) is 0 Å². The molecule has 0 saturated heterocycles. The van der Waals surface area contributed by atoms with Gasteiger partial charge in [0.2, 0.25) is 0 Å². The fraction of sp³-hybridized carbons (Fsp3) is 0.519. The Hall–Kier alpha value is -2.16. The van der Waals surface area contributed by atoms with Crippen LogP contribution in [0.25, 0.3) is 0 Å². The van der Waals surface area contributed by atoms with E-state index in [1.165, 1.54) is 39.0 Å². The molecule has 1 aromatic rings. The number of aliphatic carboxylic acids is 1. The number of halogens is 1. The lowest BCUT2D eigenvalue weighted by Gasteiger charge is -2.31.